The van der Waals surface area contributed by atoms with Gasteiger partial charge in [-0.05, 0) is 56.1 Å². The fourth-order valence-corrected chi connectivity index (χ4v) is 4.73. The Balaban J connectivity index is 1.55. The lowest BCUT2D eigenvalue weighted by molar-refractivity contribution is -0.137. The van der Waals surface area contributed by atoms with Crippen molar-refractivity contribution in [3.63, 3.8) is 0 Å². The molecule has 4 rings (SSSR count). The predicted octanol–water partition coefficient (Wildman–Crippen LogP) is 4.02. The fourth-order valence-electron chi connectivity index (χ4n) is 4.54. The Morgan fingerprint density at radius 2 is 1.85 bits per heavy atom. The van der Waals surface area contributed by atoms with Crippen molar-refractivity contribution < 1.29 is 18.0 Å². The van der Waals surface area contributed by atoms with Crippen LogP contribution in [-0.4, -0.2) is 51.0 Å². The standard InChI is InChI=1S/C22H27ClF3N7O/c1-11-7-32(8-12(2)28-11)21(34)33-9-17-18(10-33)30-20(23)31-19(17)29-13(3)14-4-15(22(24,25)26)6-16(27)5-14/h4-6,11-13,28H,7-10,27H2,1-3H3,(H,29,30,31)/t11-,12+,13-/m1/s1. The molecule has 1 saturated heterocycles. The summed E-state index contributed by atoms with van der Waals surface area (Å²) in [6.07, 6.45) is -4.51. The molecular formula is C22H27ClF3N7O. The lowest BCUT2D eigenvalue weighted by Gasteiger charge is -2.38. The monoisotopic (exact) mass is 497 g/mol. The minimum absolute atomic E-state index is 0.00396. The van der Waals surface area contributed by atoms with E-state index in [-0.39, 0.29) is 42.2 Å². The van der Waals surface area contributed by atoms with Gasteiger partial charge < -0.3 is 26.2 Å². The lowest BCUT2D eigenvalue weighted by atomic mass is 10.0. The smallest absolute Gasteiger partial charge is 0.399 e. The Kier molecular flexibility index (Phi) is 6.52. The molecule has 0 unspecified atom stereocenters. The van der Waals surface area contributed by atoms with E-state index in [1.807, 2.05) is 18.7 Å². The molecule has 0 radical (unpaired) electrons. The zero-order chi connectivity index (χ0) is 24.8. The summed E-state index contributed by atoms with van der Waals surface area (Å²) in [5.74, 6) is 0.385. The zero-order valence-corrected chi connectivity index (χ0v) is 19.8. The number of urea groups is 1. The molecule has 0 bridgehead atoms. The van der Waals surface area contributed by atoms with Gasteiger partial charge in [0, 0.05) is 36.4 Å². The van der Waals surface area contributed by atoms with Crippen molar-refractivity contribution in [1.82, 2.24) is 25.1 Å². The van der Waals surface area contributed by atoms with Crippen LogP contribution in [0.5, 0.6) is 0 Å². The van der Waals surface area contributed by atoms with E-state index >= 15 is 0 Å². The summed E-state index contributed by atoms with van der Waals surface area (Å²) in [6.45, 7) is 7.52. The summed E-state index contributed by atoms with van der Waals surface area (Å²) in [7, 11) is 0. The van der Waals surface area contributed by atoms with Crippen molar-refractivity contribution >= 4 is 29.1 Å². The van der Waals surface area contributed by atoms with Crippen LogP contribution in [0.25, 0.3) is 0 Å². The molecule has 1 aromatic heterocycles. The summed E-state index contributed by atoms with van der Waals surface area (Å²) in [4.78, 5) is 25.2. The normalized spacial score (nSPS) is 21.4. The highest BCUT2D eigenvalue weighted by Gasteiger charge is 2.34. The number of nitrogens with zero attached hydrogens (tertiary/aromatic N) is 4. The first-order valence-electron chi connectivity index (χ1n) is 11.0. The molecule has 0 saturated carbocycles. The maximum absolute atomic E-state index is 13.2. The SMILES string of the molecule is C[C@@H]1CN(C(=O)N2Cc3nc(Cl)nc(N[C@H](C)c4cc(N)cc(C(F)(F)F)c4)c3C2)C[C@H](C)N1. The van der Waals surface area contributed by atoms with Crippen LogP contribution in [0.3, 0.4) is 0 Å². The van der Waals surface area contributed by atoms with Crippen molar-refractivity contribution in [1.29, 1.82) is 0 Å². The summed E-state index contributed by atoms with van der Waals surface area (Å²) in [6, 6.07) is 3.16. The number of rotatable bonds is 3. The molecule has 0 aliphatic carbocycles. The lowest BCUT2D eigenvalue weighted by Crippen LogP contribution is -2.57. The average Bonchev–Trinajstić information content (AvgIpc) is 3.15. The molecule has 34 heavy (non-hydrogen) atoms. The molecule has 3 atom stereocenters. The number of piperazine rings is 1. The van der Waals surface area contributed by atoms with Crippen LogP contribution in [0.1, 0.15) is 49.2 Å². The molecule has 3 heterocycles. The first-order valence-corrected chi connectivity index (χ1v) is 11.4. The van der Waals surface area contributed by atoms with Gasteiger partial charge in [-0.25, -0.2) is 14.8 Å². The predicted molar refractivity (Wildman–Crippen MR) is 123 cm³/mol. The van der Waals surface area contributed by atoms with E-state index in [4.69, 9.17) is 17.3 Å². The number of fused-ring (bicyclic) bond motifs is 1. The number of nitrogens with two attached hydrogens (primary N) is 1. The van der Waals surface area contributed by atoms with Gasteiger partial charge >= 0.3 is 12.2 Å². The van der Waals surface area contributed by atoms with Gasteiger partial charge in [0.2, 0.25) is 5.28 Å². The van der Waals surface area contributed by atoms with E-state index < -0.39 is 17.8 Å². The van der Waals surface area contributed by atoms with Gasteiger partial charge in [-0.3, -0.25) is 0 Å². The van der Waals surface area contributed by atoms with Crippen LogP contribution in [0, 0.1) is 0 Å². The maximum atomic E-state index is 13.2. The number of hydrogen-bond acceptors (Lipinski definition) is 6. The molecule has 8 nitrogen and oxygen atoms in total. The van der Waals surface area contributed by atoms with E-state index in [1.165, 1.54) is 6.07 Å². The number of carbonyl (C=O) groups excluding carboxylic acids is 1. The van der Waals surface area contributed by atoms with Crippen molar-refractivity contribution in [2.75, 3.05) is 24.1 Å². The van der Waals surface area contributed by atoms with Crippen LogP contribution in [-0.2, 0) is 19.3 Å². The highest BCUT2D eigenvalue weighted by Crippen LogP contribution is 2.35. The molecule has 2 aliphatic heterocycles. The molecule has 2 amide bonds. The minimum Gasteiger partial charge on any atom is -0.399 e. The Bertz CT molecular complexity index is 1090. The number of benzene rings is 1. The van der Waals surface area contributed by atoms with Crippen LogP contribution >= 0.6 is 11.6 Å². The minimum atomic E-state index is -4.51. The second-order valence-corrected chi connectivity index (χ2v) is 9.37. The molecule has 1 aromatic carbocycles. The average molecular weight is 498 g/mol. The van der Waals surface area contributed by atoms with Crippen LogP contribution < -0.4 is 16.4 Å². The van der Waals surface area contributed by atoms with Gasteiger partial charge in [-0.2, -0.15) is 13.2 Å². The summed E-state index contributed by atoms with van der Waals surface area (Å²) in [5, 5.41) is 6.54. The van der Waals surface area contributed by atoms with Gasteiger partial charge in [-0.15, -0.1) is 0 Å². The van der Waals surface area contributed by atoms with Crippen molar-refractivity contribution in [3.8, 4) is 0 Å². The Morgan fingerprint density at radius 3 is 2.50 bits per heavy atom. The Labute approximate surface area is 200 Å². The van der Waals surface area contributed by atoms with E-state index in [9.17, 15) is 18.0 Å². The molecule has 0 spiro atoms. The van der Waals surface area contributed by atoms with Crippen LogP contribution in [0.15, 0.2) is 18.2 Å². The van der Waals surface area contributed by atoms with E-state index in [0.29, 0.717) is 35.7 Å². The third-order valence-electron chi connectivity index (χ3n) is 6.01. The van der Waals surface area contributed by atoms with E-state index in [1.54, 1.807) is 11.8 Å². The second kappa shape index (κ2) is 9.10. The number of nitrogens with one attached hydrogen (secondary N) is 2. The van der Waals surface area contributed by atoms with Crippen LogP contribution in [0.2, 0.25) is 5.28 Å². The number of anilines is 2. The van der Waals surface area contributed by atoms with E-state index in [2.05, 4.69) is 20.6 Å². The van der Waals surface area contributed by atoms with Gasteiger partial charge in [0.05, 0.1) is 30.4 Å². The van der Waals surface area contributed by atoms with Crippen molar-refractivity contribution in [2.24, 2.45) is 0 Å². The maximum Gasteiger partial charge on any atom is 0.416 e. The first-order chi connectivity index (χ1) is 15.9. The second-order valence-electron chi connectivity index (χ2n) is 9.03. The number of alkyl halides is 3. The first kappa shape index (κ1) is 24.3. The molecule has 2 aliphatic rings. The molecule has 2 aromatic rings. The quantitative estimate of drug-likeness (QED) is 0.437. The van der Waals surface area contributed by atoms with Crippen molar-refractivity contribution in [3.05, 3.63) is 45.9 Å². The number of halogens is 4. The van der Waals surface area contributed by atoms with E-state index in [0.717, 1.165) is 12.1 Å². The summed E-state index contributed by atoms with van der Waals surface area (Å²) < 4.78 is 39.7. The van der Waals surface area contributed by atoms with Gasteiger partial charge in [0.15, 0.2) is 0 Å². The topological polar surface area (TPSA) is 99.4 Å². The Morgan fingerprint density at radius 1 is 1.18 bits per heavy atom. The number of amides is 2. The number of nitrogen functional groups attached to an aromatic ring is 1. The molecule has 184 valence electrons. The Hall–Kier alpha value is -2.79. The molecule has 12 heteroatoms. The van der Waals surface area contributed by atoms with Gasteiger partial charge in [-0.1, -0.05) is 0 Å². The summed E-state index contributed by atoms with van der Waals surface area (Å²) >= 11 is 6.13. The third-order valence-corrected chi connectivity index (χ3v) is 6.18. The van der Waals surface area contributed by atoms with Gasteiger partial charge in [0.1, 0.15) is 5.82 Å². The zero-order valence-electron chi connectivity index (χ0n) is 19.1. The van der Waals surface area contributed by atoms with Crippen LogP contribution in [0.4, 0.5) is 29.5 Å². The molecule has 4 N–H and O–H groups in total. The largest absolute Gasteiger partial charge is 0.416 e. The van der Waals surface area contributed by atoms with Gasteiger partial charge in [0.25, 0.3) is 0 Å². The number of carbonyl (C=O) groups is 1. The molecule has 1 fully saturated rings. The number of aromatic nitrogens is 2. The number of hydrogen-bond donors (Lipinski definition) is 3. The highest BCUT2D eigenvalue weighted by atomic mass is 35.5. The third kappa shape index (κ3) is 5.15. The summed E-state index contributed by atoms with van der Waals surface area (Å²) in [5.41, 5.74) is 6.57. The highest BCUT2D eigenvalue weighted by molar-refractivity contribution is 6.28. The van der Waals surface area contributed by atoms with Crippen molar-refractivity contribution in [2.45, 2.75) is 58.2 Å². The molecular weight excluding hydrogens is 471 g/mol. The fraction of sp³-hybridized carbons (Fsp3) is 0.500.